The monoisotopic (exact) mass is 329 g/mol. The largest absolute Gasteiger partial charge is 0.376 e. The molecular formula is C18H23N3O3. The molecule has 1 aromatic heterocycles. The predicted molar refractivity (Wildman–Crippen MR) is 89.8 cm³/mol. The van der Waals surface area contributed by atoms with Crippen LogP contribution < -0.4 is 5.32 Å². The van der Waals surface area contributed by atoms with Crippen LogP contribution in [-0.2, 0) is 20.8 Å². The van der Waals surface area contributed by atoms with E-state index in [1.807, 2.05) is 35.0 Å². The van der Waals surface area contributed by atoms with Crippen molar-refractivity contribution in [3.8, 4) is 5.69 Å². The molecule has 1 aliphatic rings. The van der Waals surface area contributed by atoms with Gasteiger partial charge in [0.15, 0.2) is 0 Å². The Kier molecular flexibility index (Phi) is 5.98. The summed E-state index contributed by atoms with van der Waals surface area (Å²) in [5.41, 5.74) is 2.03. The number of carbonyl (C=O) groups is 1. The molecule has 6 heteroatoms. The van der Waals surface area contributed by atoms with Crippen molar-refractivity contribution in [3.63, 3.8) is 0 Å². The second-order valence-corrected chi connectivity index (χ2v) is 5.88. The lowest BCUT2D eigenvalue weighted by atomic mass is 10.1. The first-order valence-corrected chi connectivity index (χ1v) is 8.35. The molecule has 2 aromatic rings. The first-order chi connectivity index (χ1) is 11.8. The number of amides is 1. The zero-order chi connectivity index (χ0) is 16.6. The number of aromatic nitrogens is 2. The van der Waals surface area contributed by atoms with Crippen LogP contribution in [0, 0.1) is 0 Å². The fourth-order valence-electron chi connectivity index (χ4n) is 2.78. The Morgan fingerprint density at radius 2 is 2.29 bits per heavy atom. The minimum atomic E-state index is -0.119. The molecule has 24 heavy (non-hydrogen) atoms. The maximum atomic E-state index is 12.0. The summed E-state index contributed by atoms with van der Waals surface area (Å²) in [6.45, 7) is 1.80. The van der Waals surface area contributed by atoms with Gasteiger partial charge in [0.25, 0.3) is 0 Å². The third-order valence-corrected chi connectivity index (χ3v) is 4.06. The number of carbonyl (C=O) groups excluding carboxylic acids is 1. The lowest BCUT2D eigenvalue weighted by Crippen LogP contribution is -2.30. The van der Waals surface area contributed by atoms with Gasteiger partial charge in [-0.3, -0.25) is 4.79 Å². The summed E-state index contributed by atoms with van der Waals surface area (Å²) in [7, 11) is 0. The Morgan fingerprint density at radius 3 is 3.08 bits per heavy atom. The molecule has 1 aromatic carbocycles. The van der Waals surface area contributed by atoms with Gasteiger partial charge in [0, 0.05) is 25.5 Å². The SMILES string of the molecule is O=C(COC[C@@H]1CCCCO1)NCc1ccccc1-n1ccnc1. The van der Waals surface area contributed by atoms with E-state index >= 15 is 0 Å². The predicted octanol–water partition coefficient (Wildman–Crippen LogP) is 2.07. The smallest absolute Gasteiger partial charge is 0.246 e. The van der Waals surface area contributed by atoms with Gasteiger partial charge in [-0.2, -0.15) is 0 Å². The van der Waals surface area contributed by atoms with E-state index in [-0.39, 0.29) is 18.6 Å². The van der Waals surface area contributed by atoms with Crippen molar-refractivity contribution in [1.82, 2.24) is 14.9 Å². The molecule has 0 radical (unpaired) electrons. The van der Waals surface area contributed by atoms with E-state index in [1.54, 1.807) is 12.5 Å². The Morgan fingerprint density at radius 1 is 1.38 bits per heavy atom. The summed E-state index contributed by atoms with van der Waals surface area (Å²) in [6.07, 6.45) is 8.80. The standard InChI is InChI=1S/C18H23N3O3/c22-18(13-23-12-16-6-3-4-10-24-16)20-11-15-5-1-2-7-17(15)21-9-8-19-14-21/h1-2,5,7-9,14,16H,3-4,6,10-13H2,(H,20,22)/t16-/m0/s1. The third kappa shape index (κ3) is 4.66. The van der Waals surface area contributed by atoms with Crippen LogP contribution in [0.3, 0.4) is 0 Å². The number of hydrogen-bond donors (Lipinski definition) is 1. The lowest BCUT2D eigenvalue weighted by Gasteiger charge is -2.22. The summed E-state index contributed by atoms with van der Waals surface area (Å²) in [4.78, 5) is 16.0. The molecule has 1 fully saturated rings. The first kappa shape index (κ1) is 16.7. The highest BCUT2D eigenvalue weighted by Crippen LogP contribution is 2.14. The van der Waals surface area contributed by atoms with E-state index in [9.17, 15) is 4.79 Å². The van der Waals surface area contributed by atoms with Crippen molar-refractivity contribution in [2.24, 2.45) is 0 Å². The zero-order valence-corrected chi connectivity index (χ0v) is 13.7. The van der Waals surface area contributed by atoms with Gasteiger partial charge < -0.3 is 19.4 Å². The van der Waals surface area contributed by atoms with Crippen LogP contribution in [0.25, 0.3) is 5.69 Å². The molecule has 0 aliphatic carbocycles. The average molecular weight is 329 g/mol. The molecule has 0 saturated carbocycles. The minimum Gasteiger partial charge on any atom is -0.376 e. The molecule has 128 valence electrons. The average Bonchev–Trinajstić information content (AvgIpc) is 3.16. The van der Waals surface area contributed by atoms with Crippen molar-refractivity contribution < 1.29 is 14.3 Å². The van der Waals surface area contributed by atoms with E-state index in [1.165, 1.54) is 6.42 Å². The third-order valence-electron chi connectivity index (χ3n) is 4.06. The number of rotatable bonds is 7. The molecule has 1 atom stereocenters. The number of ether oxygens (including phenoxy) is 2. The molecule has 1 saturated heterocycles. The van der Waals surface area contributed by atoms with Crippen LogP contribution in [0.2, 0.25) is 0 Å². The highest BCUT2D eigenvalue weighted by molar-refractivity contribution is 5.77. The number of para-hydroxylation sites is 1. The number of benzene rings is 1. The first-order valence-electron chi connectivity index (χ1n) is 8.35. The molecular weight excluding hydrogens is 306 g/mol. The van der Waals surface area contributed by atoms with Crippen molar-refractivity contribution in [3.05, 3.63) is 48.5 Å². The summed E-state index contributed by atoms with van der Waals surface area (Å²) in [5, 5.41) is 2.90. The summed E-state index contributed by atoms with van der Waals surface area (Å²) >= 11 is 0. The van der Waals surface area contributed by atoms with E-state index in [0.29, 0.717) is 13.2 Å². The van der Waals surface area contributed by atoms with Crippen molar-refractivity contribution in [2.75, 3.05) is 19.8 Å². The minimum absolute atomic E-state index is 0.0626. The normalized spacial score (nSPS) is 17.6. The number of nitrogens with one attached hydrogen (secondary N) is 1. The number of hydrogen-bond acceptors (Lipinski definition) is 4. The maximum absolute atomic E-state index is 12.0. The van der Waals surface area contributed by atoms with Gasteiger partial charge in [0.1, 0.15) is 6.61 Å². The van der Waals surface area contributed by atoms with Gasteiger partial charge in [0.05, 0.1) is 24.7 Å². The van der Waals surface area contributed by atoms with Gasteiger partial charge >= 0.3 is 0 Å². The Labute approximate surface area is 141 Å². The quantitative estimate of drug-likeness (QED) is 0.844. The molecule has 6 nitrogen and oxygen atoms in total. The van der Waals surface area contributed by atoms with Crippen LogP contribution in [0.4, 0.5) is 0 Å². The molecule has 1 N–H and O–H groups in total. The Bertz CT molecular complexity index is 637. The molecule has 0 bridgehead atoms. The molecule has 2 heterocycles. The molecule has 0 spiro atoms. The summed E-state index contributed by atoms with van der Waals surface area (Å²) in [5.74, 6) is -0.119. The Hall–Kier alpha value is -2.18. The van der Waals surface area contributed by atoms with E-state index in [0.717, 1.165) is 30.7 Å². The van der Waals surface area contributed by atoms with Crippen LogP contribution >= 0.6 is 0 Å². The van der Waals surface area contributed by atoms with Gasteiger partial charge in [-0.25, -0.2) is 4.98 Å². The maximum Gasteiger partial charge on any atom is 0.246 e. The van der Waals surface area contributed by atoms with Crippen molar-refractivity contribution >= 4 is 5.91 Å². The van der Waals surface area contributed by atoms with E-state index in [2.05, 4.69) is 10.3 Å². The van der Waals surface area contributed by atoms with Crippen molar-refractivity contribution in [1.29, 1.82) is 0 Å². The zero-order valence-electron chi connectivity index (χ0n) is 13.7. The van der Waals surface area contributed by atoms with E-state index < -0.39 is 0 Å². The summed E-state index contributed by atoms with van der Waals surface area (Å²) < 4.78 is 13.0. The van der Waals surface area contributed by atoms with Gasteiger partial charge in [0.2, 0.25) is 5.91 Å². The highest BCUT2D eigenvalue weighted by atomic mass is 16.5. The Balaban J connectivity index is 1.45. The molecule has 3 rings (SSSR count). The van der Waals surface area contributed by atoms with Crippen LogP contribution in [0.15, 0.2) is 43.0 Å². The fraction of sp³-hybridized carbons (Fsp3) is 0.444. The second-order valence-electron chi connectivity index (χ2n) is 5.88. The van der Waals surface area contributed by atoms with Crippen LogP contribution in [0.1, 0.15) is 24.8 Å². The molecule has 0 unspecified atom stereocenters. The fourth-order valence-corrected chi connectivity index (χ4v) is 2.78. The van der Waals surface area contributed by atoms with Crippen LogP contribution in [0.5, 0.6) is 0 Å². The second kappa shape index (κ2) is 8.61. The number of nitrogens with zero attached hydrogens (tertiary/aromatic N) is 2. The highest BCUT2D eigenvalue weighted by Gasteiger charge is 2.14. The summed E-state index contributed by atoms with van der Waals surface area (Å²) in [6, 6.07) is 7.92. The number of imidazole rings is 1. The van der Waals surface area contributed by atoms with Gasteiger partial charge in [-0.05, 0) is 30.9 Å². The molecule has 1 amide bonds. The van der Waals surface area contributed by atoms with Crippen molar-refractivity contribution in [2.45, 2.75) is 31.9 Å². The lowest BCUT2D eigenvalue weighted by molar-refractivity contribution is -0.128. The van der Waals surface area contributed by atoms with Gasteiger partial charge in [-0.1, -0.05) is 18.2 Å². The topological polar surface area (TPSA) is 65.4 Å². The van der Waals surface area contributed by atoms with Crippen LogP contribution in [-0.4, -0.2) is 41.4 Å². The van der Waals surface area contributed by atoms with E-state index in [4.69, 9.17) is 9.47 Å². The van der Waals surface area contributed by atoms with Gasteiger partial charge in [-0.15, -0.1) is 0 Å². The molecule has 1 aliphatic heterocycles.